The van der Waals surface area contributed by atoms with Crippen LogP contribution in [-0.2, 0) is 11.3 Å². The van der Waals surface area contributed by atoms with Gasteiger partial charge >= 0.3 is 0 Å². The van der Waals surface area contributed by atoms with E-state index in [0.717, 1.165) is 22.6 Å². The Bertz CT molecular complexity index is 1290. The van der Waals surface area contributed by atoms with E-state index < -0.39 is 0 Å². The summed E-state index contributed by atoms with van der Waals surface area (Å²) in [5.41, 5.74) is 2.62. The highest BCUT2D eigenvalue weighted by Gasteiger charge is 2.35. The quantitative estimate of drug-likeness (QED) is 0.375. The zero-order valence-corrected chi connectivity index (χ0v) is 19.0. The van der Waals surface area contributed by atoms with Crippen molar-refractivity contribution in [3.05, 3.63) is 83.6 Å². The SMILES string of the molecule is COc1ccc(Cl)c(N2CC(c3nc4ccccc4n3CCOc3ccccc3)CC2=O)c1. The van der Waals surface area contributed by atoms with E-state index >= 15 is 0 Å². The number of benzene rings is 3. The van der Waals surface area contributed by atoms with E-state index in [1.165, 1.54) is 0 Å². The number of anilines is 1. The van der Waals surface area contributed by atoms with E-state index in [-0.39, 0.29) is 11.8 Å². The van der Waals surface area contributed by atoms with Gasteiger partial charge in [0.25, 0.3) is 0 Å². The van der Waals surface area contributed by atoms with Gasteiger partial charge in [0.15, 0.2) is 0 Å². The second-order valence-corrected chi connectivity index (χ2v) is 8.40. The molecule has 6 nitrogen and oxygen atoms in total. The first kappa shape index (κ1) is 21.3. The number of methoxy groups -OCH3 is 1. The molecule has 1 aliphatic heterocycles. The van der Waals surface area contributed by atoms with Crippen LogP contribution in [0.4, 0.5) is 5.69 Å². The van der Waals surface area contributed by atoms with Crippen molar-refractivity contribution in [3.63, 3.8) is 0 Å². The first-order valence-electron chi connectivity index (χ1n) is 10.9. The fourth-order valence-corrected chi connectivity index (χ4v) is 4.57. The third-order valence-electron chi connectivity index (χ3n) is 5.95. The Kier molecular flexibility index (Phi) is 5.92. The summed E-state index contributed by atoms with van der Waals surface area (Å²) in [6.07, 6.45) is 0.371. The van der Waals surface area contributed by atoms with E-state index in [0.29, 0.717) is 42.6 Å². The van der Waals surface area contributed by atoms with Gasteiger partial charge < -0.3 is 18.9 Å². The number of amides is 1. The fourth-order valence-electron chi connectivity index (χ4n) is 4.35. The summed E-state index contributed by atoms with van der Waals surface area (Å²) in [5, 5.41) is 0.523. The first-order chi connectivity index (χ1) is 16.1. The molecule has 1 saturated heterocycles. The Morgan fingerprint density at radius 3 is 2.64 bits per heavy atom. The Hall–Kier alpha value is -3.51. The lowest BCUT2D eigenvalue weighted by Crippen LogP contribution is -2.25. The van der Waals surface area contributed by atoms with Crippen LogP contribution in [0, 0.1) is 0 Å². The van der Waals surface area contributed by atoms with E-state index in [9.17, 15) is 4.79 Å². The predicted octanol–water partition coefficient (Wildman–Crippen LogP) is 5.30. The fraction of sp³-hybridized carbons (Fsp3) is 0.231. The zero-order valence-electron chi connectivity index (χ0n) is 18.3. The molecule has 2 heterocycles. The number of aromatic nitrogens is 2. The molecule has 1 atom stereocenters. The summed E-state index contributed by atoms with van der Waals surface area (Å²) in [7, 11) is 1.60. The molecule has 0 bridgehead atoms. The molecule has 5 rings (SSSR count). The number of fused-ring (bicyclic) bond motifs is 1. The number of ether oxygens (including phenoxy) is 2. The second kappa shape index (κ2) is 9.16. The maximum atomic E-state index is 13.0. The molecule has 0 radical (unpaired) electrons. The van der Waals surface area contributed by atoms with Crippen molar-refractivity contribution >= 4 is 34.2 Å². The minimum atomic E-state index is -0.0520. The lowest BCUT2D eigenvalue weighted by molar-refractivity contribution is -0.117. The Labute approximate surface area is 197 Å². The molecule has 1 fully saturated rings. The van der Waals surface area contributed by atoms with Crippen LogP contribution < -0.4 is 14.4 Å². The minimum Gasteiger partial charge on any atom is -0.497 e. The van der Waals surface area contributed by atoms with Crippen LogP contribution in [0.15, 0.2) is 72.8 Å². The molecule has 168 valence electrons. The number of halogens is 1. The first-order valence-corrected chi connectivity index (χ1v) is 11.3. The number of hydrogen-bond acceptors (Lipinski definition) is 4. The van der Waals surface area contributed by atoms with Gasteiger partial charge in [0.2, 0.25) is 5.91 Å². The minimum absolute atomic E-state index is 0.0225. The standard InChI is InChI=1S/C26H24ClN3O3/c1-32-20-11-12-21(27)24(16-20)30-17-18(15-25(30)31)26-28-22-9-5-6-10-23(22)29(26)13-14-33-19-7-3-2-4-8-19/h2-12,16,18H,13-15,17H2,1H3. The van der Waals surface area contributed by atoms with Crippen LogP contribution in [0.1, 0.15) is 18.2 Å². The molecule has 1 aliphatic rings. The molecule has 1 aromatic heterocycles. The lowest BCUT2D eigenvalue weighted by atomic mass is 10.1. The van der Waals surface area contributed by atoms with E-state index in [1.54, 1.807) is 30.2 Å². The van der Waals surface area contributed by atoms with Gasteiger partial charge in [-0.3, -0.25) is 4.79 Å². The van der Waals surface area contributed by atoms with Gasteiger partial charge in [-0.1, -0.05) is 41.9 Å². The summed E-state index contributed by atoms with van der Waals surface area (Å²) in [6.45, 7) is 1.65. The van der Waals surface area contributed by atoms with Crippen LogP contribution in [0.3, 0.4) is 0 Å². The molecule has 33 heavy (non-hydrogen) atoms. The van der Waals surface area contributed by atoms with Gasteiger partial charge in [-0.05, 0) is 36.4 Å². The van der Waals surface area contributed by atoms with E-state index in [2.05, 4.69) is 10.6 Å². The van der Waals surface area contributed by atoms with Crippen LogP contribution in [0.2, 0.25) is 5.02 Å². The number of para-hydroxylation sites is 3. The van der Waals surface area contributed by atoms with Crippen molar-refractivity contribution in [1.29, 1.82) is 0 Å². The highest BCUT2D eigenvalue weighted by Crippen LogP contribution is 2.37. The number of hydrogen-bond donors (Lipinski definition) is 0. The second-order valence-electron chi connectivity index (χ2n) is 7.99. The van der Waals surface area contributed by atoms with Gasteiger partial charge in [-0.25, -0.2) is 4.98 Å². The molecule has 0 spiro atoms. The predicted molar refractivity (Wildman–Crippen MR) is 129 cm³/mol. The Morgan fingerprint density at radius 2 is 1.82 bits per heavy atom. The number of nitrogens with zero attached hydrogens (tertiary/aromatic N) is 3. The molecule has 0 N–H and O–H groups in total. The molecule has 1 amide bonds. The molecule has 1 unspecified atom stereocenters. The lowest BCUT2D eigenvalue weighted by Gasteiger charge is -2.19. The van der Waals surface area contributed by atoms with Crippen LogP contribution >= 0.6 is 11.6 Å². The monoisotopic (exact) mass is 461 g/mol. The Balaban J connectivity index is 1.42. The average Bonchev–Trinajstić information content (AvgIpc) is 3.41. The van der Waals surface area contributed by atoms with Crippen molar-refractivity contribution < 1.29 is 14.3 Å². The van der Waals surface area contributed by atoms with Gasteiger partial charge in [-0.15, -0.1) is 0 Å². The smallest absolute Gasteiger partial charge is 0.227 e. The molecule has 3 aromatic carbocycles. The number of carbonyl (C=O) groups is 1. The summed E-state index contributed by atoms with van der Waals surface area (Å²) in [6, 6.07) is 23.1. The van der Waals surface area contributed by atoms with Gasteiger partial charge in [0.1, 0.15) is 23.9 Å². The van der Waals surface area contributed by atoms with Gasteiger partial charge in [-0.2, -0.15) is 0 Å². The van der Waals surface area contributed by atoms with E-state index in [4.69, 9.17) is 26.1 Å². The summed E-state index contributed by atoms with van der Waals surface area (Å²) in [4.78, 5) is 19.6. The largest absolute Gasteiger partial charge is 0.497 e. The van der Waals surface area contributed by atoms with E-state index in [1.807, 2.05) is 48.5 Å². The molecule has 0 saturated carbocycles. The normalized spacial score (nSPS) is 15.9. The molecule has 7 heteroatoms. The molecular weight excluding hydrogens is 438 g/mol. The average molecular weight is 462 g/mol. The number of imidazole rings is 1. The van der Waals surface area contributed by atoms with Crippen LogP contribution in [-0.4, -0.2) is 35.7 Å². The maximum absolute atomic E-state index is 13.0. The van der Waals surface area contributed by atoms with Gasteiger partial charge in [0.05, 0.1) is 35.4 Å². The van der Waals surface area contributed by atoms with Gasteiger partial charge in [0, 0.05) is 24.9 Å². The van der Waals surface area contributed by atoms with Crippen molar-refractivity contribution in [2.24, 2.45) is 0 Å². The summed E-state index contributed by atoms with van der Waals surface area (Å²) in [5.74, 6) is 2.36. The third-order valence-corrected chi connectivity index (χ3v) is 6.26. The number of carbonyl (C=O) groups excluding carboxylic acids is 1. The summed E-state index contributed by atoms with van der Waals surface area (Å²) >= 11 is 6.43. The highest BCUT2D eigenvalue weighted by molar-refractivity contribution is 6.34. The molecular formula is C26H24ClN3O3. The van der Waals surface area contributed by atoms with Crippen molar-refractivity contribution in [3.8, 4) is 11.5 Å². The Morgan fingerprint density at radius 1 is 1.03 bits per heavy atom. The van der Waals surface area contributed by atoms with Crippen LogP contribution in [0.5, 0.6) is 11.5 Å². The van der Waals surface area contributed by atoms with Crippen molar-refractivity contribution in [2.45, 2.75) is 18.9 Å². The molecule has 0 aliphatic carbocycles. The van der Waals surface area contributed by atoms with Crippen molar-refractivity contribution in [1.82, 2.24) is 9.55 Å². The molecule has 4 aromatic rings. The highest BCUT2D eigenvalue weighted by atomic mass is 35.5. The number of rotatable bonds is 7. The van der Waals surface area contributed by atoms with Crippen LogP contribution in [0.25, 0.3) is 11.0 Å². The van der Waals surface area contributed by atoms with Crippen molar-refractivity contribution in [2.75, 3.05) is 25.2 Å². The zero-order chi connectivity index (χ0) is 22.8. The topological polar surface area (TPSA) is 56.6 Å². The summed E-state index contributed by atoms with van der Waals surface area (Å²) < 4.78 is 13.4. The maximum Gasteiger partial charge on any atom is 0.227 e. The third kappa shape index (κ3) is 4.26.